The van der Waals surface area contributed by atoms with Crippen LogP contribution in [0.15, 0.2) is 47.5 Å². The highest BCUT2D eigenvalue weighted by atomic mass is 16.3. The first-order chi connectivity index (χ1) is 13.1. The van der Waals surface area contributed by atoms with E-state index in [-0.39, 0.29) is 5.75 Å². The summed E-state index contributed by atoms with van der Waals surface area (Å²) in [6, 6.07) is 14.1. The standard InChI is InChI=1S/C22H30N4O/c1-4-25(5-2)21-9-6-18(22(27)16-21)17-23-19-7-10-20(11-8-19)26-14-12-24(3)13-15-26/h6-11,16-17,27H,4-5,12-15H2,1-3H3/p+1. The molecule has 2 aromatic rings. The van der Waals surface area contributed by atoms with Gasteiger partial charge in [0.1, 0.15) is 5.75 Å². The molecule has 0 amide bonds. The molecule has 144 valence electrons. The molecule has 0 spiro atoms. The first-order valence-electron chi connectivity index (χ1n) is 9.89. The number of anilines is 2. The predicted octanol–water partition coefficient (Wildman–Crippen LogP) is 2.32. The lowest BCUT2D eigenvalue weighted by molar-refractivity contribution is -0.880. The number of phenols is 1. The predicted molar refractivity (Wildman–Crippen MR) is 114 cm³/mol. The molecular formula is C22H31N4O+. The first kappa shape index (κ1) is 19.2. The minimum atomic E-state index is 0.264. The van der Waals surface area contributed by atoms with Crippen LogP contribution in [-0.4, -0.2) is 57.6 Å². The number of nitrogens with zero attached hydrogens (tertiary/aromatic N) is 3. The van der Waals surface area contributed by atoms with Crippen molar-refractivity contribution in [1.29, 1.82) is 0 Å². The van der Waals surface area contributed by atoms with E-state index >= 15 is 0 Å². The molecule has 0 unspecified atom stereocenters. The van der Waals surface area contributed by atoms with Crippen LogP contribution in [-0.2, 0) is 0 Å². The molecule has 1 aliphatic rings. The van der Waals surface area contributed by atoms with E-state index in [1.807, 2.05) is 30.3 Å². The van der Waals surface area contributed by atoms with Gasteiger partial charge in [0.15, 0.2) is 0 Å². The molecule has 0 atom stereocenters. The van der Waals surface area contributed by atoms with E-state index in [0.29, 0.717) is 0 Å². The molecule has 2 N–H and O–H groups in total. The van der Waals surface area contributed by atoms with E-state index in [9.17, 15) is 5.11 Å². The number of nitrogens with one attached hydrogen (secondary N) is 1. The van der Waals surface area contributed by atoms with Crippen molar-refractivity contribution in [2.24, 2.45) is 4.99 Å². The number of piperazine rings is 1. The van der Waals surface area contributed by atoms with Gasteiger partial charge in [-0.15, -0.1) is 0 Å². The Morgan fingerprint density at radius 2 is 1.74 bits per heavy atom. The van der Waals surface area contributed by atoms with E-state index < -0.39 is 0 Å². The topological polar surface area (TPSA) is 43.5 Å². The summed E-state index contributed by atoms with van der Waals surface area (Å²) in [5.41, 5.74) is 3.92. The molecule has 0 saturated carbocycles. The van der Waals surface area contributed by atoms with E-state index in [4.69, 9.17) is 0 Å². The van der Waals surface area contributed by atoms with E-state index in [1.54, 1.807) is 11.1 Å². The Labute approximate surface area is 162 Å². The molecule has 1 fully saturated rings. The van der Waals surface area contributed by atoms with Gasteiger partial charge in [0.25, 0.3) is 0 Å². The number of rotatable bonds is 6. The van der Waals surface area contributed by atoms with Crippen molar-refractivity contribution in [2.75, 3.05) is 56.1 Å². The molecule has 1 saturated heterocycles. The molecule has 27 heavy (non-hydrogen) atoms. The Kier molecular flexibility index (Phi) is 6.35. The quantitative estimate of drug-likeness (QED) is 0.770. The van der Waals surface area contributed by atoms with Crippen molar-refractivity contribution in [3.8, 4) is 5.75 Å². The Bertz CT molecular complexity index is 760. The number of hydrogen-bond acceptors (Lipinski definition) is 4. The number of quaternary nitrogens is 1. The van der Waals surface area contributed by atoms with Crippen LogP contribution >= 0.6 is 0 Å². The van der Waals surface area contributed by atoms with Gasteiger partial charge in [-0.05, 0) is 50.2 Å². The molecule has 1 aliphatic heterocycles. The Morgan fingerprint density at radius 1 is 1.07 bits per heavy atom. The van der Waals surface area contributed by atoms with Crippen molar-refractivity contribution < 1.29 is 10.0 Å². The molecule has 2 aromatic carbocycles. The second-order valence-electron chi connectivity index (χ2n) is 7.13. The van der Waals surface area contributed by atoms with Crippen molar-refractivity contribution >= 4 is 23.3 Å². The number of aliphatic imine (C=N–C) groups is 1. The third-order valence-corrected chi connectivity index (χ3v) is 5.33. The van der Waals surface area contributed by atoms with Gasteiger partial charge >= 0.3 is 0 Å². The number of likely N-dealkylation sites (N-methyl/N-ethyl adjacent to an activating group) is 1. The maximum atomic E-state index is 10.3. The normalized spacial score (nSPS) is 15.4. The summed E-state index contributed by atoms with van der Waals surface area (Å²) in [5, 5.41) is 10.3. The molecule has 0 bridgehead atoms. The summed E-state index contributed by atoms with van der Waals surface area (Å²) < 4.78 is 0. The third kappa shape index (κ3) is 4.80. The van der Waals surface area contributed by atoms with Gasteiger partial charge in [-0.2, -0.15) is 0 Å². The number of phenolic OH excluding ortho intramolecular Hbond substituents is 1. The first-order valence-corrected chi connectivity index (χ1v) is 9.89. The Balaban J connectivity index is 1.67. The molecule has 3 rings (SSSR count). The largest absolute Gasteiger partial charge is 0.507 e. The minimum absolute atomic E-state index is 0.264. The summed E-state index contributed by atoms with van der Waals surface area (Å²) in [4.78, 5) is 10.8. The Hall–Kier alpha value is -2.53. The second kappa shape index (κ2) is 8.91. The summed E-state index contributed by atoms with van der Waals surface area (Å²) in [7, 11) is 2.25. The Morgan fingerprint density at radius 3 is 2.33 bits per heavy atom. The maximum absolute atomic E-state index is 10.3. The van der Waals surface area contributed by atoms with Gasteiger partial charge < -0.3 is 19.8 Å². The zero-order valence-corrected chi connectivity index (χ0v) is 16.7. The van der Waals surface area contributed by atoms with Gasteiger partial charge in [-0.1, -0.05) is 0 Å². The average molecular weight is 368 g/mol. The minimum Gasteiger partial charge on any atom is -0.507 e. The summed E-state index contributed by atoms with van der Waals surface area (Å²) in [6.45, 7) is 10.6. The van der Waals surface area contributed by atoms with E-state index in [0.717, 1.165) is 43.1 Å². The van der Waals surface area contributed by atoms with Crippen LogP contribution in [0.1, 0.15) is 19.4 Å². The SMILES string of the molecule is CCN(CC)c1ccc(C=Nc2ccc(N3CC[NH+](C)CC3)cc2)c(O)c1. The molecular weight excluding hydrogens is 336 g/mol. The lowest BCUT2D eigenvalue weighted by Gasteiger charge is -2.31. The second-order valence-corrected chi connectivity index (χ2v) is 7.13. The molecule has 5 nitrogen and oxygen atoms in total. The lowest BCUT2D eigenvalue weighted by Crippen LogP contribution is -3.12. The van der Waals surface area contributed by atoms with Gasteiger partial charge in [0, 0.05) is 42.3 Å². The van der Waals surface area contributed by atoms with Crippen LogP contribution in [0, 0.1) is 0 Å². The number of hydrogen-bond donors (Lipinski definition) is 2. The zero-order valence-electron chi connectivity index (χ0n) is 16.7. The van der Waals surface area contributed by atoms with Gasteiger partial charge in [0.05, 0.1) is 38.9 Å². The van der Waals surface area contributed by atoms with Crippen molar-refractivity contribution in [3.05, 3.63) is 48.0 Å². The highest BCUT2D eigenvalue weighted by Gasteiger charge is 2.16. The van der Waals surface area contributed by atoms with E-state index in [1.165, 1.54) is 18.8 Å². The van der Waals surface area contributed by atoms with Gasteiger partial charge in [-0.25, -0.2) is 0 Å². The van der Waals surface area contributed by atoms with Crippen LogP contribution in [0.3, 0.4) is 0 Å². The summed E-state index contributed by atoms with van der Waals surface area (Å²) in [6.07, 6.45) is 1.73. The molecule has 0 aliphatic carbocycles. The van der Waals surface area contributed by atoms with Crippen molar-refractivity contribution in [1.82, 2.24) is 0 Å². The molecule has 1 heterocycles. The summed E-state index contributed by atoms with van der Waals surface area (Å²) in [5.74, 6) is 0.264. The fourth-order valence-electron chi connectivity index (χ4n) is 3.47. The summed E-state index contributed by atoms with van der Waals surface area (Å²) >= 11 is 0. The fraction of sp³-hybridized carbons (Fsp3) is 0.409. The fourth-order valence-corrected chi connectivity index (χ4v) is 3.47. The maximum Gasteiger partial charge on any atom is 0.126 e. The van der Waals surface area contributed by atoms with Gasteiger partial charge in [-0.3, -0.25) is 4.99 Å². The zero-order chi connectivity index (χ0) is 19.2. The molecule has 0 aromatic heterocycles. The van der Waals surface area contributed by atoms with Crippen LogP contribution < -0.4 is 14.7 Å². The highest BCUT2D eigenvalue weighted by molar-refractivity contribution is 5.86. The van der Waals surface area contributed by atoms with Gasteiger partial charge in [0.2, 0.25) is 0 Å². The van der Waals surface area contributed by atoms with Crippen molar-refractivity contribution in [3.63, 3.8) is 0 Å². The monoisotopic (exact) mass is 367 g/mol. The van der Waals surface area contributed by atoms with Crippen LogP contribution in [0.25, 0.3) is 0 Å². The molecule has 5 heteroatoms. The van der Waals surface area contributed by atoms with E-state index in [2.05, 4.69) is 47.8 Å². The van der Waals surface area contributed by atoms with Crippen molar-refractivity contribution in [2.45, 2.75) is 13.8 Å². The average Bonchev–Trinajstić information content (AvgIpc) is 2.69. The number of benzene rings is 2. The lowest BCUT2D eigenvalue weighted by atomic mass is 10.1. The highest BCUT2D eigenvalue weighted by Crippen LogP contribution is 2.25. The smallest absolute Gasteiger partial charge is 0.126 e. The molecule has 0 radical (unpaired) electrons. The van der Waals surface area contributed by atoms with Crippen LogP contribution in [0.5, 0.6) is 5.75 Å². The van der Waals surface area contributed by atoms with Crippen LogP contribution in [0.2, 0.25) is 0 Å². The number of aromatic hydroxyl groups is 1. The van der Waals surface area contributed by atoms with Crippen LogP contribution in [0.4, 0.5) is 17.1 Å². The third-order valence-electron chi connectivity index (χ3n) is 5.33.